The third-order valence-electron chi connectivity index (χ3n) is 4.74. The lowest BCUT2D eigenvalue weighted by atomic mass is 9.82. The lowest BCUT2D eigenvalue weighted by molar-refractivity contribution is 0.284. The molecule has 0 amide bonds. The standard InChI is InChI=1S/C15H36BN5O4S/c1-18(2)8-10-20(11-9-19(3)4)26(24,25)21-12-14(15(17)13-21)6-5-7-16(22)23/h14-15,22-23H,5-13,17H2,1-4H3/t14-,15-/m0/s1. The molecule has 0 bridgehead atoms. The maximum atomic E-state index is 13.1. The molecule has 4 N–H and O–H groups in total. The molecule has 1 aliphatic rings. The summed E-state index contributed by atoms with van der Waals surface area (Å²) in [6, 6.07) is -0.217. The summed E-state index contributed by atoms with van der Waals surface area (Å²) in [6.45, 7) is 2.90. The maximum Gasteiger partial charge on any atom is 0.451 e. The van der Waals surface area contributed by atoms with E-state index in [9.17, 15) is 8.42 Å². The van der Waals surface area contributed by atoms with Crippen molar-refractivity contribution in [3.63, 3.8) is 0 Å². The largest absolute Gasteiger partial charge is 0.451 e. The molecule has 0 radical (unpaired) electrons. The molecule has 11 heteroatoms. The average molecular weight is 393 g/mol. The van der Waals surface area contributed by atoms with Crippen LogP contribution >= 0.6 is 0 Å². The Kier molecular flexibility index (Phi) is 9.98. The van der Waals surface area contributed by atoms with Crippen LogP contribution in [-0.4, -0.2) is 117 Å². The van der Waals surface area contributed by atoms with Gasteiger partial charge >= 0.3 is 7.12 Å². The highest BCUT2D eigenvalue weighted by molar-refractivity contribution is 7.86. The first-order valence-corrected chi connectivity index (χ1v) is 10.6. The summed E-state index contributed by atoms with van der Waals surface area (Å²) < 4.78 is 29.3. The summed E-state index contributed by atoms with van der Waals surface area (Å²) in [5, 5.41) is 17.9. The minimum atomic E-state index is -3.56. The van der Waals surface area contributed by atoms with Crippen LogP contribution in [0.2, 0.25) is 6.32 Å². The zero-order chi connectivity index (χ0) is 19.9. The molecule has 0 saturated carbocycles. The summed E-state index contributed by atoms with van der Waals surface area (Å²) >= 11 is 0. The first kappa shape index (κ1) is 23.8. The number of rotatable bonds is 12. The van der Waals surface area contributed by atoms with Crippen molar-refractivity contribution in [2.24, 2.45) is 11.7 Å². The van der Waals surface area contributed by atoms with Crippen molar-refractivity contribution >= 4 is 17.3 Å². The molecule has 0 unspecified atom stereocenters. The van der Waals surface area contributed by atoms with Crippen LogP contribution in [-0.2, 0) is 10.2 Å². The monoisotopic (exact) mass is 393 g/mol. The van der Waals surface area contributed by atoms with Gasteiger partial charge in [-0.05, 0) is 46.8 Å². The molecule has 1 saturated heterocycles. The zero-order valence-corrected chi connectivity index (χ0v) is 17.4. The predicted octanol–water partition coefficient (Wildman–Crippen LogP) is -1.83. The van der Waals surface area contributed by atoms with E-state index in [2.05, 4.69) is 0 Å². The second-order valence-corrected chi connectivity index (χ2v) is 9.59. The van der Waals surface area contributed by atoms with Crippen LogP contribution in [0.15, 0.2) is 0 Å². The van der Waals surface area contributed by atoms with Gasteiger partial charge in [0.25, 0.3) is 10.2 Å². The van der Waals surface area contributed by atoms with Gasteiger partial charge in [-0.15, -0.1) is 0 Å². The van der Waals surface area contributed by atoms with Gasteiger partial charge in [-0.2, -0.15) is 17.0 Å². The molecule has 0 aromatic rings. The number of nitrogens with two attached hydrogens (primary N) is 1. The van der Waals surface area contributed by atoms with E-state index in [4.69, 9.17) is 15.8 Å². The van der Waals surface area contributed by atoms with Gasteiger partial charge in [0.05, 0.1) is 0 Å². The van der Waals surface area contributed by atoms with Crippen molar-refractivity contribution in [2.75, 3.05) is 67.5 Å². The van der Waals surface area contributed by atoms with Crippen LogP contribution in [0.25, 0.3) is 0 Å². The SMILES string of the molecule is CN(C)CCN(CCN(C)C)S(=O)(=O)N1C[C@H](CCCB(O)O)[C@@H](N)C1. The highest BCUT2D eigenvalue weighted by Crippen LogP contribution is 2.25. The first-order valence-electron chi connectivity index (χ1n) is 9.20. The molecule has 0 aromatic carbocycles. The summed E-state index contributed by atoms with van der Waals surface area (Å²) in [4.78, 5) is 3.94. The third kappa shape index (κ3) is 7.77. The minimum Gasteiger partial charge on any atom is -0.427 e. The third-order valence-corrected chi connectivity index (χ3v) is 6.71. The molecular weight excluding hydrogens is 357 g/mol. The van der Waals surface area contributed by atoms with E-state index < -0.39 is 17.3 Å². The fourth-order valence-electron chi connectivity index (χ4n) is 3.04. The number of likely N-dealkylation sites (N-methyl/N-ethyl adjacent to an activating group) is 2. The van der Waals surface area contributed by atoms with Gasteiger partial charge in [0.2, 0.25) is 0 Å². The second kappa shape index (κ2) is 10.9. The predicted molar refractivity (Wildman–Crippen MR) is 105 cm³/mol. The summed E-state index contributed by atoms with van der Waals surface area (Å²) in [7, 11) is 2.81. The van der Waals surface area contributed by atoms with E-state index in [1.54, 1.807) is 4.31 Å². The summed E-state index contributed by atoms with van der Waals surface area (Å²) in [5.41, 5.74) is 6.16. The molecule has 0 aromatic heterocycles. The van der Waals surface area contributed by atoms with Gasteiger partial charge in [-0.3, -0.25) is 0 Å². The highest BCUT2D eigenvalue weighted by Gasteiger charge is 2.39. The van der Waals surface area contributed by atoms with Crippen molar-refractivity contribution in [3.8, 4) is 0 Å². The molecule has 2 atom stereocenters. The summed E-state index contributed by atoms with van der Waals surface area (Å²) in [6.07, 6.45) is 1.60. The second-order valence-electron chi connectivity index (χ2n) is 7.67. The lowest BCUT2D eigenvalue weighted by Crippen LogP contribution is -2.47. The number of hydrogen-bond acceptors (Lipinski definition) is 7. The smallest absolute Gasteiger partial charge is 0.427 e. The van der Waals surface area contributed by atoms with Crippen LogP contribution in [0.3, 0.4) is 0 Å². The fraction of sp³-hybridized carbons (Fsp3) is 1.00. The minimum absolute atomic E-state index is 0.0491. The Balaban J connectivity index is 2.73. The van der Waals surface area contributed by atoms with E-state index in [1.807, 2.05) is 38.0 Å². The van der Waals surface area contributed by atoms with Crippen LogP contribution in [0.1, 0.15) is 12.8 Å². The van der Waals surface area contributed by atoms with Crippen LogP contribution in [0, 0.1) is 5.92 Å². The maximum absolute atomic E-state index is 13.1. The topological polar surface area (TPSA) is 114 Å². The number of hydrogen-bond donors (Lipinski definition) is 3. The van der Waals surface area contributed by atoms with E-state index in [1.165, 1.54) is 4.31 Å². The van der Waals surface area contributed by atoms with E-state index in [0.29, 0.717) is 52.1 Å². The van der Waals surface area contributed by atoms with Crippen LogP contribution in [0.5, 0.6) is 0 Å². The Morgan fingerprint density at radius 3 is 2.04 bits per heavy atom. The molecule has 9 nitrogen and oxygen atoms in total. The Morgan fingerprint density at radius 1 is 1.04 bits per heavy atom. The number of nitrogens with zero attached hydrogens (tertiary/aromatic N) is 4. The van der Waals surface area contributed by atoms with Crippen LogP contribution in [0.4, 0.5) is 0 Å². The Morgan fingerprint density at radius 2 is 1.58 bits per heavy atom. The van der Waals surface area contributed by atoms with Crippen LogP contribution < -0.4 is 5.73 Å². The lowest BCUT2D eigenvalue weighted by Gasteiger charge is -2.29. The normalized spacial score (nSPS) is 22.1. The van der Waals surface area contributed by atoms with Gasteiger partial charge in [0, 0.05) is 45.3 Å². The quantitative estimate of drug-likeness (QED) is 0.334. The molecule has 0 aliphatic carbocycles. The van der Waals surface area contributed by atoms with Gasteiger partial charge in [-0.1, -0.05) is 6.42 Å². The van der Waals surface area contributed by atoms with Gasteiger partial charge in [-0.25, -0.2) is 0 Å². The first-order chi connectivity index (χ1) is 12.0. The van der Waals surface area contributed by atoms with Gasteiger partial charge < -0.3 is 25.6 Å². The van der Waals surface area contributed by atoms with Crippen molar-refractivity contribution in [1.29, 1.82) is 0 Å². The Hall–Kier alpha value is -0.265. The molecule has 1 rings (SSSR count). The van der Waals surface area contributed by atoms with Crippen molar-refractivity contribution in [3.05, 3.63) is 0 Å². The zero-order valence-electron chi connectivity index (χ0n) is 16.6. The molecule has 154 valence electrons. The molecule has 26 heavy (non-hydrogen) atoms. The molecule has 1 aliphatic heterocycles. The van der Waals surface area contributed by atoms with Crippen molar-refractivity contribution < 1.29 is 18.5 Å². The van der Waals surface area contributed by atoms with E-state index in [-0.39, 0.29) is 18.3 Å². The van der Waals surface area contributed by atoms with Crippen molar-refractivity contribution in [2.45, 2.75) is 25.2 Å². The van der Waals surface area contributed by atoms with E-state index in [0.717, 1.165) is 0 Å². The Labute approximate surface area is 159 Å². The highest BCUT2D eigenvalue weighted by atomic mass is 32.2. The average Bonchev–Trinajstić information content (AvgIpc) is 2.88. The fourth-order valence-corrected chi connectivity index (χ4v) is 4.73. The van der Waals surface area contributed by atoms with E-state index >= 15 is 0 Å². The van der Waals surface area contributed by atoms with Crippen molar-refractivity contribution in [1.82, 2.24) is 18.4 Å². The molecule has 1 fully saturated rings. The Bertz CT molecular complexity index is 494. The van der Waals surface area contributed by atoms with Gasteiger partial charge in [0.1, 0.15) is 0 Å². The molecule has 0 spiro atoms. The molecular formula is C15H36BN5O4S. The van der Waals surface area contributed by atoms with Gasteiger partial charge in [0.15, 0.2) is 0 Å². The molecule has 1 heterocycles. The summed E-state index contributed by atoms with van der Waals surface area (Å²) in [5.74, 6) is 0.0491.